The summed E-state index contributed by atoms with van der Waals surface area (Å²) in [5.74, 6) is 0.939. The van der Waals surface area contributed by atoms with Gasteiger partial charge in [-0.15, -0.1) is 0 Å². The van der Waals surface area contributed by atoms with Crippen molar-refractivity contribution in [3.8, 4) is 5.75 Å². The second-order valence-electron chi connectivity index (χ2n) is 6.38. The van der Waals surface area contributed by atoms with Crippen LogP contribution in [0.2, 0.25) is 0 Å². The Bertz CT molecular complexity index is 589. The molecule has 1 fully saturated rings. The van der Waals surface area contributed by atoms with Gasteiger partial charge in [-0.05, 0) is 25.1 Å². The normalized spacial score (nSPS) is 18.3. The zero-order chi connectivity index (χ0) is 17.7. The molecule has 0 aromatic heterocycles. The molecule has 6 heteroatoms. The molecule has 0 radical (unpaired) electrons. The summed E-state index contributed by atoms with van der Waals surface area (Å²) in [7, 11) is 7.07. The molecule has 1 unspecified atom stereocenters. The van der Waals surface area contributed by atoms with Crippen molar-refractivity contribution in [2.45, 2.75) is 18.9 Å². The molecule has 0 saturated carbocycles. The van der Waals surface area contributed by atoms with Gasteiger partial charge in [-0.25, -0.2) is 0 Å². The summed E-state index contributed by atoms with van der Waals surface area (Å²) in [5.41, 5.74) is 1.03. The van der Waals surface area contributed by atoms with Crippen LogP contribution < -0.4 is 4.74 Å². The summed E-state index contributed by atoms with van der Waals surface area (Å²) in [6.07, 6.45) is 1.06. The van der Waals surface area contributed by atoms with Crippen LogP contribution in [0.1, 0.15) is 12.0 Å². The lowest BCUT2D eigenvalue weighted by molar-refractivity contribution is -0.141. The van der Waals surface area contributed by atoms with Crippen molar-refractivity contribution >= 4 is 11.8 Å². The highest BCUT2D eigenvalue weighted by Crippen LogP contribution is 2.20. The molecule has 0 aliphatic carbocycles. The Hall–Kier alpha value is -2.08. The molecule has 0 N–H and O–H groups in total. The number of hydrogen-bond donors (Lipinski definition) is 0. The van der Waals surface area contributed by atoms with Crippen LogP contribution in [0.15, 0.2) is 24.3 Å². The van der Waals surface area contributed by atoms with E-state index in [1.54, 1.807) is 26.1 Å². The van der Waals surface area contributed by atoms with Crippen molar-refractivity contribution in [1.82, 2.24) is 14.7 Å². The topological polar surface area (TPSA) is 53.1 Å². The van der Waals surface area contributed by atoms with Gasteiger partial charge in [0, 0.05) is 40.2 Å². The van der Waals surface area contributed by atoms with Crippen LogP contribution >= 0.6 is 0 Å². The van der Waals surface area contributed by atoms with Gasteiger partial charge in [0.15, 0.2) is 0 Å². The summed E-state index contributed by atoms with van der Waals surface area (Å²) in [5, 5.41) is 0. The molecule has 2 rings (SSSR count). The van der Waals surface area contributed by atoms with Crippen LogP contribution in [0, 0.1) is 0 Å². The van der Waals surface area contributed by atoms with Crippen molar-refractivity contribution in [3.63, 3.8) is 0 Å². The van der Waals surface area contributed by atoms with Gasteiger partial charge in [0.05, 0.1) is 7.11 Å². The molecular formula is C18H27N3O3. The van der Waals surface area contributed by atoms with Gasteiger partial charge >= 0.3 is 0 Å². The van der Waals surface area contributed by atoms with Crippen molar-refractivity contribution in [3.05, 3.63) is 29.8 Å². The van der Waals surface area contributed by atoms with Crippen LogP contribution in [0.4, 0.5) is 0 Å². The Kier molecular flexibility index (Phi) is 6.20. The lowest BCUT2D eigenvalue weighted by atomic mass is 10.1. The fourth-order valence-electron chi connectivity index (χ4n) is 2.97. The van der Waals surface area contributed by atoms with Gasteiger partial charge in [0.2, 0.25) is 11.8 Å². The summed E-state index contributed by atoms with van der Waals surface area (Å²) in [4.78, 5) is 30.2. The van der Waals surface area contributed by atoms with E-state index >= 15 is 0 Å². The molecule has 1 heterocycles. The van der Waals surface area contributed by atoms with E-state index in [9.17, 15) is 9.59 Å². The summed E-state index contributed by atoms with van der Waals surface area (Å²) in [6.45, 7) is 1.83. The zero-order valence-electron chi connectivity index (χ0n) is 15.0. The number of ether oxygens (including phenoxy) is 1. The number of benzene rings is 1. The highest BCUT2D eigenvalue weighted by molar-refractivity contribution is 5.83. The summed E-state index contributed by atoms with van der Waals surface area (Å²) < 4.78 is 5.33. The number of carbonyl (C=O) groups excluding carboxylic acids is 2. The van der Waals surface area contributed by atoms with Crippen LogP contribution in [0.25, 0.3) is 0 Å². The number of para-hydroxylation sites is 1. The Labute approximate surface area is 144 Å². The van der Waals surface area contributed by atoms with E-state index in [-0.39, 0.29) is 17.9 Å². The predicted molar refractivity (Wildman–Crippen MR) is 93.0 cm³/mol. The molecule has 1 atom stereocenters. The molecule has 1 aromatic carbocycles. The number of amides is 2. The van der Waals surface area contributed by atoms with Gasteiger partial charge in [0.1, 0.15) is 11.8 Å². The van der Waals surface area contributed by atoms with Crippen LogP contribution in [-0.4, -0.2) is 80.4 Å². The van der Waals surface area contributed by atoms with Crippen LogP contribution in [0.3, 0.4) is 0 Å². The average Bonchev–Trinajstić information content (AvgIpc) is 2.59. The predicted octanol–water partition coefficient (Wildman–Crippen LogP) is 0.859. The first-order valence-corrected chi connectivity index (χ1v) is 8.25. The molecule has 1 saturated heterocycles. The van der Waals surface area contributed by atoms with E-state index in [0.717, 1.165) is 11.3 Å². The van der Waals surface area contributed by atoms with Gasteiger partial charge in [-0.2, -0.15) is 0 Å². The van der Waals surface area contributed by atoms with E-state index in [0.29, 0.717) is 32.5 Å². The highest BCUT2D eigenvalue weighted by atomic mass is 16.5. The molecule has 2 amide bonds. The Balaban J connectivity index is 1.96. The monoisotopic (exact) mass is 333 g/mol. The number of rotatable bonds is 5. The smallest absolute Gasteiger partial charge is 0.241 e. The third kappa shape index (κ3) is 4.26. The quantitative estimate of drug-likeness (QED) is 0.802. The maximum Gasteiger partial charge on any atom is 0.241 e. The minimum absolute atomic E-state index is 0.0414. The first-order valence-electron chi connectivity index (χ1n) is 8.25. The van der Waals surface area contributed by atoms with E-state index in [1.807, 2.05) is 41.1 Å². The SMILES string of the molecule is COc1ccccc1CCC(=O)N1CCN(C)C(C(=O)N(C)C)C1. The molecule has 6 nitrogen and oxygen atoms in total. The van der Waals surface area contributed by atoms with Crippen LogP contribution in [-0.2, 0) is 16.0 Å². The second kappa shape index (κ2) is 8.15. The minimum Gasteiger partial charge on any atom is -0.496 e. The Morgan fingerprint density at radius 2 is 1.96 bits per heavy atom. The van der Waals surface area contributed by atoms with Crippen LogP contribution in [0.5, 0.6) is 5.75 Å². The highest BCUT2D eigenvalue weighted by Gasteiger charge is 2.32. The second-order valence-corrected chi connectivity index (χ2v) is 6.38. The summed E-state index contributed by atoms with van der Waals surface area (Å²) >= 11 is 0. The summed E-state index contributed by atoms with van der Waals surface area (Å²) in [6, 6.07) is 7.49. The average molecular weight is 333 g/mol. The molecular weight excluding hydrogens is 306 g/mol. The Morgan fingerprint density at radius 3 is 2.62 bits per heavy atom. The van der Waals surface area contributed by atoms with E-state index in [4.69, 9.17) is 4.74 Å². The standard InChI is InChI=1S/C18H27N3O3/c1-19(2)18(23)15-13-21(12-11-20(15)3)17(22)10-9-14-7-5-6-8-16(14)24-4/h5-8,15H,9-13H2,1-4H3. The van der Waals surface area contributed by atoms with E-state index < -0.39 is 0 Å². The third-order valence-corrected chi connectivity index (χ3v) is 4.53. The lowest BCUT2D eigenvalue weighted by Gasteiger charge is -2.39. The molecule has 1 aromatic rings. The molecule has 1 aliphatic heterocycles. The first kappa shape index (κ1) is 18.3. The number of carbonyl (C=O) groups is 2. The number of hydrogen-bond acceptors (Lipinski definition) is 4. The fourth-order valence-corrected chi connectivity index (χ4v) is 2.97. The molecule has 132 valence electrons. The largest absolute Gasteiger partial charge is 0.496 e. The number of aryl methyl sites for hydroxylation is 1. The molecule has 24 heavy (non-hydrogen) atoms. The van der Waals surface area contributed by atoms with E-state index in [1.165, 1.54) is 0 Å². The van der Waals surface area contributed by atoms with Gasteiger partial charge in [-0.1, -0.05) is 18.2 Å². The van der Waals surface area contributed by atoms with Crippen molar-refractivity contribution in [2.24, 2.45) is 0 Å². The molecule has 1 aliphatic rings. The number of nitrogens with zero attached hydrogens (tertiary/aromatic N) is 3. The fraction of sp³-hybridized carbons (Fsp3) is 0.556. The van der Waals surface area contributed by atoms with Crippen molar-refractivity contribution in [2.75, 3.05) is 47.9 Å². The number of likely N-dealkylation sites (N-methyl/N-ethyl adjacent to an activating group) is 2. The maximum atomic E-state index is 12.6. The van der Waals surface area contributed by atoms with Gasteiger partial charge < -0.3 is 14.5 Å². The zero-order valence-corrected chi connectivity index (χ0v) is 15.0. The lowest BCUT2D eigenvalue weighted by Crippen LogP contribution is -2.58. The minimum atomic E-state index is -0.260. The first-order chi connectivity index (χ1) is 11.4. The number of piperazine rings is 1. The number of methoxy groups -OCH3 is 1. The van der Waals surface area contributed by atoms with Gasteiger partial charge in [0.25, 0.3) is 0 Å². The maximum absolute atomic E-state index is 12.6. The molecule has 0 spiro atoms. The van der Waals surface area contributed by atoms with Crippen molar-refractivity contribution in [1.29, 1.82) is 0 Å². The third-order valence-electron chi connectivity index (χ3n) is 4.53. The molecule has 0 bridgehead atoms. The Morgan fingerprint density at radius 1 is 1.25 bits per heavy atom. The van der Waals surface area contributed by atoms with Crippen molar-refractivity contribution < 1.29 is 14.3 Å². The van der Waals surface area contributed by atoms with E-state index in [2.05, 4.69) is 0 Å². The van der Waals surface area contributed by atoms with Gasteiger partial charge in [-0.3, -0.25) is 14.5 Å².